The molecule has 0 saturated carbocycles. The van der Waals surface area contributed by atoms with Gasteiger partial charge < -0.3 is 10.7 Å². The van der Waals surface area contributed by atoms with Gasteiger partial charge in [-0.3, -0.25) is 0 Å². The predicted octanol–water partition coefficient (Wildman–Crippen LogP) is 3.57. The summed E-state index contributed by atoms with van der Waals surface area (Å²) in [5, 5.41) is 0. The highest BCUT2D eigenvalue weighted by Crippen LogP contribution is 2.23. The molecule has 21 heavy (non-hydrogen) atoms. The fourth-order valence-electron chi connectivity index (χ4n) is 2.22. The molecule has 0 bridgehead atoms. The van der Waals surface area contributed by atoms with E-state index in [-0.39, 0.29) is 11.9 Å². The standard InChI is InChI=1S/C17H16FN3/c1-11-7-8-13(9-14(11)18)15-10-20-17(21-15)16(19)12-5-3-2-4-6-12/h2-10,16H,19H2,1H3,(H,20,21). The van der Waals surface area contributed by atoms with Gasteiger partial charge in [0.15, 0.2) is 0 Å². The van der Waals surface area contributed by atoms with E-state index >= 15 is 0 Å². The van der Waals surface area contributed by atoms with Gasteiger partial charge in [0.2, 0.25) is 0 Å². The van der Waals surface area contributed by atoms with E-state index < -0.39 is 0 Å². The molecule has 1 atom stereocenters. The molecular formula is C17H16FN3. The predicted molar refractivity (Wildman–Crippen MR) is 81.2 cm³/mol. The van der Waals surface area contributed by atoms with Crippen LogP contribution in [-0.2, 0) is 0 Å². The number of aryl methyl sites for hydroxylation is 1. The summed E-state index contributed by atoms with van der Waals surface area (Å²) in [6, 6.07) is 14.5. The summed E-state index contributed by atoms with van der Waals surface area (Å²) in [5.74, 6) is 0.438. The normalized spacial score (nSPS) is 12.3. The smallest absolute Gasteiger partial charge is 0.128 e. The van der Waals surface area contributed by atoms with E-state index in [2.05, 4.69) is 9.97 Å². The second-order valence-electron chi connectivity index (χ2n) is 5.03. The lowest BCUT2D eigenvalue weighted by atomic mass is 10.1. The van der Waals surface area contributed by atoms with Gasteiger partial charge in [-0.05, 0) is 24.1 Å². The van der Waals surface area contributed by atoms with Gasteiger partial charge in [0.1, 0.15) is 11.6 Å². The van der Waals surface area contributed by atoms with Crippen molar-refractivity contribution in [2.45, 2.75) is 13.0 Å². The largest absolute Gasteiger partial charge is 0.340 e. The van der Waals surface area contributed by atoms with Gasteiger partial charge in [0, 0.05) is 5.56 Å². The summed E-state index contributed by atoms with van der Waals surface area (Å²) < 4.78 is 13.6. The second kappa shape index (κ2) is 5.50. The first-order valence-corrected chi connectivity index (χ1v) is 6.77. The van der Waals surface area contributed by atoms with E-state index in [1.165, 1.54) is 6.07 Å². The molecule has 3 rings (SSSR count). The van der Waals surface area contributed by atoms with Crippen LogP contribution >= 0.6 is 0 Å². The summed E-state index contributed by atoms with van der Waals surface area (Å²) in [6.45, 7) is 1.74. The summed E-state index contributed by atoms with van der Waals surface area (Å²) in [6.07, 6.45) is 1.68. The molecule has 0 amide bonds. The van der Waals surface area contributed by atoms with Crippen LogP contribution in [0.5, 0.6) is 0 Å². The Morgan fingerprint density at radius 2 is 1.90 bits per heavy atom. The van der Waals surface area contributed by atoms with Crippen molar-refractivity contribution in [3.8, 4) is 11.3 Å². The van der Waals surface area contributed by atoms with Crippen molar-refractivity contribution in [3.63, 3.8) is 0 Å². The average Bonchev–Trinajstić information content (AvgIpc) is 3.00. The molecule has 0 aliphatic heterocycles. The Kier molecular flexibility index (Phi) is 3.54. The summed E-state index contributed by atoms with van der Waals surface area (Å²) in [5.41, 5.74) is 9.32. The minimum absolute atomic E-state index is 0.226. The topological polar surface area (TPSA) is 54.7 Å². The lowest BCUT2D eigenvalue weighted by molar-refractivity contribution is 0.619. The van der Waals surface area contributed by atoms with Gasteiger partial charge in [-0.25, -0.2) is 9.37 Å². The van der Waals surface area contributed by atoms with Crippen LogP contribution in [0.4, 0.5) is 4.39 Å². The third-order valence-corrected chi connectivity index (χ3v) is 3.53. The number of imidazole rings is 1. The highest BCUT2D eigenvalue weighted by Gasteiger charge is 2.13. The average molecular weight is 281 g/mol. The number of aromatic amines is 1. The van der Waals surface area contributed by atoms with Crippen molar-refractivity contribution in [2.24, 2.45) is 5.73 Å². The van der Waals surface area contributed by atoms with Gasteiger partial charge in [0.25, 0.3) is 0 Å². The number of H-pyrrole nitrogens is 1. The fourth-order valence-corrected chi connectivity index (χ4v) is 2.22. The zero-order valence-electron chi connectivity index (χ0n) is 11.7. The van der Waals surface area contributed by atoms with Gasteiger partial charge in [-0.2, -0.15) is 0 Å². The molecule has 106 valence electrons. The second-order valence-corrected chi connectivity index (χ2v) is 5.03. The molecule has 4 heteroatoms. The summed E-state index contributed by atoms with van der Waals surface area (Å²) in [7, 11) is 0. The number of nitrogens with one attached hydrogen (secondary N) is 1. The third kappa shape index (κ3) is 2.71. The Morgan fingerprint density at radius 3 is 2.62 bits per heavy atom. The number of halogens is 1. The monoisotopic (exact) mass is 281 g/mol. The van der Waals surface area contributed by atoms with Crippen molar-refractivity contribution in [1.29, 1.82) is 0 Å². The molecule has 1 heterocycles. The molecule has 2 aromatic carbocycles. The molecule has 0 radical (unpaired) electrons. The van der Waals surface area contributed by atoms with Crippen LogP contribution in [0, 0.1) is 12.7 Å². The first-order valence-electron chi connectivity index (χ1n) is 6.77. The molecule has 0 spiro atoms. The molecule has 3 N–H and O–H groups in total. The Morgan fingerprint density at radius 1 is 1.14 bits per heavy atom. The van der Waals surface area contributed by atoms with Crippen molar-refractivity contribution in [1.82, 2.24) is 9.97 Å². The Labute approximate surface area is 122 Å². The molecule has 3 aromatic rings. The lowest BCUT2D eigenvalue weighted by Crippen LogP contribution is -2.13. The van der Waals surface area contributed by atoms with Gasteiger partial charge in [0.05, 0.1) is 17.9 Å². The quantitative estimate of drug-likeness (QED) is 0.771. The van der Waals surface area contributed by atoms with E-state index in [1.807, 2.05) is 36.4 Å². The van der Waals surface area contributed by atoms with Gasteiger partial charge in [-0.1, -0.05) is 42.5 Å². The first-order chi connectivity index (χ1) is 10.1. The Bertz CT molecular complexity index is 750. The number of rotatable bonds is 3. The molecular weight excluding hydrogens is 265 g/mol. The minimum Gasteiger partial charge on any atom is -0.340 e. The highest BCUT2D eigenvalue weighted by atomic mass is 19.1. The third-order valence-electron chi connectivity index (χ3n) is 3.53. The molecule has 3 nitrogen and oxygen atoms in total. The van der Waals surface area contributed by atoms with Crippen LogP contribution < -0.4 is 5.73 Å². The van der Waals surface area contributed by atoms with E-state index in [0.29, 0.717) is 11.4 Å². The number of nitrogens with zero attached hydrogens (tertiary/aromatic N) is 1. The maximum absolute atomic E-state index is 13.6. The lowest BCUT2D eigenvalue weighted by Gasteiger charge is -2.08. The zero-order chi connectivity index (χ0) is 14.8. The number of hydrogen-bond donors (Lipinski definition) is 2. The zero-order valence-corrected chi connectivity index (χ0v) is 11.7. The summed E-state index contributed by atoms with van der Waals surface area (Å²) >= 11 is 0. The van der Waals surface area contributed by atoms with E-state index in [4.69, 9.17) is 5.73 Å². The summed E-state index contributed by atoms with van der Waals surface area (Å²) in [4.78, 5) is 7.49. The van der Waals surface area contributed by atoms with E-state index in [9.17, 15) is 4.39 Å². The van der Waals surface area contributed by atoms with Crippen LogP contribution in [0.25, 0.3) is 11.3 Å². The van der Waals surface area contributed by atoms with E-state index in [1.54, 1.807) is 19.2 Å². The van der Waals surface area contributed by atoms with Crippen LogP contribution in [0.15, 0.2) is 54.7 Å². The number of nitrogens with two attached hydrogens (primary N) is 1. The molecule has 1 unspecified atom stereocenters. The number of aromatic nitrogens is 2. The minimum atomic E-state index is -0.324. The van der Waals surface area contributed by atoms with Crippen LogP contribution in [0.3, 0.4) is 0 Å². The van der Waals surface area contributed by atoms with Crippen molar-refractivity contribution < 1.29 is 4.39 Å². The highest BCUT2D eigenvalue weighted by molar-refractivity contribution is 5.59. The maximum Gasteiger partial charge on any atom is 0.128 e. The van der Waals surface area contributed by atoms with Crippen LogP contribution in [0.2, 0.25) is 0 Å². The van der Waals surface area contributed by atoms with Crippen LogP contribution in [0.1, 0.15) is 23.0 Å². The van der Waals surface area contributed by atoms with E-state index in [0.717, 1.165) is 16.8 Å². The molecule has 0 aliphatic carbocycles. The van der Waals surface area contributed by atoms with Gasteiger partial charge in [-0.15, -0.1) is 0 Å². The number of hydrogen-bond acceptors (Lipinski definition) is 2. The fraction of sp³-hybridized carbons (Fsp3) is 0.118. The van der Waals surface area contributed by atoms with Crippen LogP contribution in [-0.4, -0.2) is 9.97 Å². The maximum atomic E-state index is 13.6. The first kappa shape index (κ1) is 13.5. The SMILES string of the molecule is Cc1ccc(-c2cnc(C(N)c3ccccc3)[nH]2)cc1F. The van der Waals surface area contributed by atoms with Crippen molar-refractivity contribution in [2.75, 3.05) is 0 Å². The molecule has 0 aliphatic rings. The number of benzene rings is 2. The Balaban J connectivity index is 1.91. The molecule has 0 saturated heterocycles. The van der Waals surface area contributed by atoms with Gasteiger partial charge >= 0.3 is 0 Å². The molecule has 0 fully saturated rings. The Hall–Kier alpha value is -2.46. The van der Waals surface area contributed by atoms with Crippen molar-refractivity contribution in [3.05, 3.63) is 77.5 Å². The molecule has 1 aromatic heterocycles. The van der Waals surface area contributed by atoms with Crippen molar-refractivity contribution >= 4 is 0 Å².